The molecule has 2 atom stereocenters. The largest absolute Gasteiger partial charge is 0.368 e. The van der Waals surface area contributed by atoms with Crippen LogP contribution in [0.15, 0.2) is 4.52 Å². The van der Waals surface area contributed by atoms with E-state index in [2.05, 4.69) is 17.1 Å². The van der Waals surface area contributed by atoms with E-state index in [4.69, 9.17) is 9.26 Å². The summed E-state index contributed by atoms with van der Waals surface area (Å²) >= 11 is 0. The van der Waals surface area contributed by atoms with Crippen molar-refractivity contribution in [1.82, 2.24) is 15.0 Å². The third-order valence-corrected chi connectivity index (χ3v) is 4.51. The number of likely N-dealkylation sites (tertiary alicyclic amines) is 1. The quantitative estimate of drug-likeness (QED) is 0.836. The van der Waals surface area contributed by atoms with Gasteiger partial charge in [-0.2, -0.15) is 4.98 Å². The van der Waals surface area contributed by atoms with Crippen LogP contribution < -0.4 is 0 Å². The van der Waals surface area contributed by atoms with Gasteiger partial charge in [-0.1, -0.05) is 18.5 Å². The van der Waals surface area contributed by atoms with Gasteiger partial charge in [0.15, 0.2) is 5.82 Å². The summed E-state index contributed by atoms with van der Waals surface area (Å²) in [5, 5.41) is 4.06. The van der Waals surface area contributed by atoms with Crippen molar-refractivity contribution in [3.05, 3.63) is 11.7 Å². The zero-order chi connectivity index (χ0) is 15.4. The zero-order valence-corrected chi connectivity index (χ0v) is 13.3. The highest BCUT2D eigenvalue weighted by Gasteiger charge is 2.36. The molecule has 6 heteroatoms. The second-order valence-electron chi connectivity index (χ2n) is 6.20. The van der Waals surface area contributed by atoms with Gasteiger partial charge in [0.25, 0.3) is 5.91 Å². The van der Waals surface area contributed by atoms with Crippen LogP contribution >= 0.6 is 0 Å². The summed E-state index contributed by atoms with van der Waals surface area (Å²) in [6.07, 6.45) is 7.55. The Balaban J connectivity index is 1.71. The van der Waals surface area contributed by atoms with Crippen LogP contribution in [0.4, 0.5) is 0 Å². The molecule has 2 aliphatic rings. The molecule has 122 valence electrons. The molecule has 0 spiro atoms. The number of carbonyl (C=O) groups is 1. The van der Waals surface area contributed by atoms with Crippen LogP contribution in [-0.4, -0.2) is 40.2 Å². The molecule has 6 nitrogen and oxygen atoms in total. The number of aryl methyl sites for hydroxylation is 1. The third-order valence-electron chi connectivity index (χ3n) is 4.51. The summed E-state index contributed by atoms with van der Waals surface area (Å²) in [5.74, 6) is 1.44. The van der Waals surface area contributed by atoms with E-state index in [-0.39, 0.29) is 18.1 Å². The fourth-order valence-electron chi connectivity index (χ4n) is 3.25. The second kappa shape index (κ2) is 7.22. The van der Waals surface area contributed by atoms with Crippen molar-refractivity contribution < 1.29 is 14.1 Å². The van der Waals surface area contributed by atoms with Gasteiger partial charge in [-0.15, -0.1) is 0 Å². The fraction of sp³-hybridized carbons (Fsp3) is 0.812. The lowest BCUT2D eigenvalue weighted by Gasteiger charge is -2.34. The fourth-order valence-corrected chi connectivity index (χ4v) is 3.25. The molecule has 0 aromatic carbocycles. The molecule has 3 rings (SSSR count). The lowest BCUT2D eigenvalue weighted by molar-refractivity contribution is -0.145. The maximum Gasteiger partial charge on any atom is 0.252 e. The Morgan fingerprint density at radius 3 is 3.00 bits per heavy atom. The van der Waals surface area contributed by atoms with Crippen LogP contribution in [0, 0.1) is 0 Å². The van der Waals surface area contributed by atoms with Crippen molar-refractivity contribution in [3.63, 3.8) is 0 Å². The van der Waals surface area contributed by atoms with E-state index in [9.17, 15) is 4.79 Å². The smallest absolute Gasteiger partial charge is 0.252 e. The van der Waals surface area contributed by atoms with Gasteiger partial charge in [-0.05, 0) is 38.5 Å². The van der Waals surface area contributed by atoms with Gasteiger partial charge in [0.2, 0.25) is 5.89 Å². The molecule has 3 heterocycles. The molecule has 1 amide bonds. The molecule has 0 saturated carbocycles. The minimum atomic E-state index is -0.275. The molecule has 1 aromatic heterocycles. The Bertz CT molecular complexity index is 497. The van der Waals surface area contributed by atoms with Gasteiger partial charge in [0.1, 0.15) is 12.1 Å². The van der Waals surface area contributed by atoms with Crippen molar-refractivity contribution >= 4 is 5.91 Å². The lowest BCUT2D eigenvalue weighted by Crippen LogP contribution is -2.44. The number of amides is 1. The molecule has 2 saturated heterocycles. The number of aromatic nitrogens is 2. The van der Waals surface area contributed by atoms with Crippen molar-refractivity contribution in [2.45, 2.75) is 70.4 Å². The first-order valence-electron chi connectivity index (χ1n) is 8.54. The minimum absolute atomic E-state index is 0.0756. The highest BCUT2D eigenvalue weighted by atomic mass is 16.5. The summed E-state index contributed by atoms with van der Waals surface area (Å²) in [5.41, 5.74) is 0. The first kappa shape index (κ1) is 15.5. The van der Waals surface area contributed by atoms with Gasteiger partial charge in [0.05, 0.1) is 0 Å². The van der Waals surface area contributed by atoms with Gasteiger partial charge in [-0.25, -0.2) is 0 Å². The number of hydrogen-bond acceptors (Lipinski definition) is 5. The third kappa shape index (κ3) is 3.32. The van der Waals surface area contributed by atoms with Crippen LogP contribution in [0.1, 0.15) is 69.6 Å². The number of carbonyl (C=O) groups excluding carboxylic acids is 1. The number of ether oxygens (including phenoxy) is 1. The minimum Gasteiger partial charge on any atom is -0.368 e. The topological polar surface area (TPSA) is 68.5 Å². The maximum atomic E-state index is 12.7. The Morgan fingerprint density at radius 1 is 1.32 bits per heavy atom. The predicted octanol–water partition coefficient (Wildman–Crippen LogP) is 2.64. The van der Waals surface area contributed by atoms with Crippen molar-refractivity contribution in [2.75, 3.05) is 13.2 Å². The Labute approximate surface area is 131 Å². The Morgan fingerprint density at radius 2 is 2.23 bits per heavy atom. The van der Waals surface area contributed by atoms with Crippen LogP contribution in [0.5, 0.6) is 0 Å². The van der Waals surface area contributed by atoms with Gasteiger partial charge < -0.3 is 14.2 Å². The van der Waals surface area contributed by atoms with Crippen LogP contribution in [-0.2, 0) is 16.0 Å². The molecule has 0 unspecified atom stereocenters. The Kier molecular flexibility index (Phi) is 5.08. The van der Waals surface area contributed by atoms with Crippen LogP contribution in [0.25, 0.3) is 0 Å². The number of rotatable bonds is 5. The predicted molar refractivity (Wildman–Crippen MR) is 80.2 cm³/mol. The molecule has 2 aliphatic heterocycles. The van der Waals surface area contributed by atoms with Crippen molar-refractivity contribution in [1.29, 1.82) is 0 Å². The molecule has 2 fully saturated rings. The SMILES string of the molecule is CCCCc1noc([C@H]2CCCCN2C(=O)[C@H]2CCCO2)n1. The summed E-state index contributed by atoms with van der Waals surface area (Å²) < 4.78 is 11.0. The molecular formula is C16H25N3O3. The lowest BCUT2D eigenvalue weighted by atomic mass is 10.0. The van der Waals surface area contributed by atoms with E-state index in [1.165, 1.54) is 0 Å². The molecular weight excluding hydrogens is 282 g/mol. The average molecular weight is 307 g/mol. The number of unbranched alkanes of at least 4 members (excludes halogenated alkanes) is 1. The van der Waals surface area contributed by atoms with E-state index < -0.39 is 0 Å². The van der Waals surface area contributed by atoms with Crippen molar-refractivity contribution in [2.24, 2.45) is 0 Å². The van der Waals surface area contributed by atoms with E-state index in [0.29, 0.717) is 12.5 Å². The van der Waals surface area contributed by atoms with Crippen molar-refractivity contribution in [3.8, 4) is 0 Å². The molecule has 22 heavy (non-hydrogen) atoms. The van der Waals surface area contributed by atoms with E-state index in [0.717, 1.165) is 63.7 Å². The second-order valence-corrected chi connectivity index (χ2v) is 6.20. The zero-order valence-electron chi connectivity index (χ0n) is 13.3. The van der Waals surface area contributed by atoms with Crippen LogP contribution in [0.3, 0.4) is 0 Å². The maximum absolute atomic E-state index is 12.7. The van der Waals surface area contributed by atoms with Gasteiger partial charge in [0, 0.05) is 19.6 Å². The average Bonchev–Trinajstić information content (AvgIpc) is 3.24. The summed E-state index contributed by atoms with van der Waals surface area (Å²) in [6, 6.07) is -0.0756. The molecule has 0 bridgehead atoms. The van der Waals surface area contributed by atoms with E-state index in [1.807, 2.05) is 4.90 Å². The number of hydrogen-bond donors (Lipinski definition) is 0. The number of nitrogens with zero attached hydrogens (tertiary/aromatic N) is 3. The highest BCUT2D eigenvalue weighted by molar-refractivity contribution is 5.81. The summed E-state index contributed by atoms with van der Waals surface area (Å²) in [4.78, 5) is 19.1. The Hall–Kier alpha value is -1.43. The van der Waals surface area contributed by atoms with E-state index >= 15 is 0 Å². The first-order valence-corrected chi connectivity index (χ1v) is 8.54. The van der Waals surface area contributed by atoms with E-state index in [1.54, 1.807) is 0 Å². The first-order chi connectivity index (χ1) is 10.8. The van der Waals surface area contributed by atoms with Crippen LogP contribution in [0.2, 0.25) is 0 Å². The molecule has 0 aliphatic carbocycles. The molecule has 1 aromatic rings. The van der Waals surface area contributed by atoms with Gasteiger partial charge in [-0.3, -0.25) is 4.79 Å². The normalized spacial score (nSPS) is 25.6. The monoisotopic (exact) mass is 307 g/mol. The van der Waals surface area contributed by atoms with Gasteiger partial charge >= 0.3 is 0 Å². The number of piperidine rings is 1. The highest BCUT2D eigenvalue weighted by Crippen LogP contribution is 2.32. The molecule has 0 N–H and O–H groups in total. The molecule has 0 radical (unpaired) electrons. The summed E-state index contributed by atoms with van der Waals surface area (Å²) in [7, 11) is 0. The summed E-state index contributed by atoms with van der Waals surface area (Å²) in [6.45, 7) is 3.59. The standard InChI is InChI=1S/C16H25N3O3/c1-2-3-9-14-17-15(22-18-14)12-7-4-5-10-19(12)16(20)13-8-6-11-21-13/h12-13H,2-11H2,1H3/t12-,13-/m1/s1.